The number of carbonyl (C=O) groups excluding carboxylic acids is 2. The topological polar surface area (TPSA) is 59.1 Å². The molecule has 6 nitrogen and oxygen atoms in total. The fraction of sp³-hybridized carbons (Fsp3) is 0.556. The first kappa shape index (κ1) is 16.9. The highest BCUT2D eigenvalue weighted by Crippen LogP contribution is 2.32. The highest BCUT2D eigenvalue weighted by atomic mass is 16.5. The molecule has 0 spiro atoms. The van der Waals surface area contributed by atoms with Gasteiger partial charge in [-0.15, -0.1) is 0 Å². The van der Waals surface area contributed by atoms with Crippen LogP contribution in [0.3, 0.4) is 0 Å². The minimum absolute atomic E-state index is 0.0200. The second-order valence-electron chi connectivity index (χ2n) is 6.31. The summed E-state index contributed by atoms with van der Waals surface area (Å²) in [6.07, 6.45) is 0.798. The molecule has 0 saturated carbocycles. The van der Waals surface area contributed by atoms with Crippen LogP contribution in [0.4, 0.5) is 5.69 Å². The van der Waals surface area contributed by atoms with Crippen molar-refractivity contribution in [2.24, 2.45) is 5.92 Å². The van der Waals surface area contributed by atoms with Crippen LogP contribution in [0.15, 0.2) is 18.2 Å². The van der Waals surface area contributed by atoms with E-state index in [1.165, 1.54) is 0 Å². The zero-order valence-corrected chi connectivity index (χ0v) is 14.3. The number of rotatable bonds is 5. The minimum Gasteiger partial charge on any atom is -0.482 e. The Morgan fingerprint density at radius 2 is 2.04 bits per heavy atom. The van der Waals surface area contributed by atoms with Crippen molar-refractivity contribution in [1.82, 2.24) is 4.90 Å². The zero-order chi connectivity index (χ0) is 17.1. The Morgan fingerprint density at radius 3 is 2.75 bits per heavy atom. The largest absolute Gasteiger partial charge is 0.482 e. The third-order valence-corrected chi connectivity index (χ3v) is 4.78. The average Bonchev–Trinajstić information content (AvgIpc) is 2.63. The van der Waals surface area contributed by atoms with Crippen LogP contribution in [0.25, 0.3) is 0 Å². The number of ketones is 1. The summed E-state index contributed by atoms with van der Waals surface area (Å²) in [5.74, 6) is 0.614. The first-order chi connectivity index (χ1) is 11.6. The van der Waals surface area contributed by atoms with Crippen LogP contribution >= 0.6 is 0 Å². The van der Waals surface area contributed by atoms with E-state index < -0.39 is 0 Å². The first-order valence-corrected chi connectivity index (χ1v) is 8.48. The van der Waals surface area contributed by atoms with Gasteiger partial charge in [-0.25, -0.2) is 0 Å². The number of hydrogen-bond acceptors (Lipinski definition) is 5. The standard InChI is InChI=1S/C18H24N2O4/c1-3-13(11-20-6-8-23-9-7-20)18(22)14-4-5-15-16(10-14)24-12-17(21)19(15)2/h4-5,10,13H,3,6-9,11-12H2,1-2H3. The molecule has 1 atom stereocenters. The van der Waals surface area contributed by atoms with E-state index in [4.69, 9.17) is 9.47 Å². The predicted octanol–water partition coefficient (Wildman–Crippen LogP) is 1.58. The Balaban J connectivity index is 1.74. The zero-order valence-electron chi connectivity index (χ0n) is 14.3. The van der Waals surface area contributed by atoms with E-state index in [0.29, 0.717) is 17.0 Å². The quantitative estimate of drug-likeness (QED) is 0.766. The van der Waals surface area contributed by atoms with Crippen molar-refractivity contribution < 1.29 is 19.1 Å². The van der Waals surface area contributed by atoms with Gasteiger partial charge in [0.25, 0.3) is 5.91 Å². The van der Waals surface area contributed by atoms with Gasteiger partial charge in [0.05, 0.1) is 18.9 Å². The number of morpholine rings is 1. The third kappa shape index (κ3) is 3.44. The van der Waals surface area contributed by atoms with E-state index in [-0.39, 0.29) is 24.2 Å². The van der Waals surface area contributed by atoms with Gasteiger partial charge in [-0.1, -0.05) is 6.92 Å². The normalized spacial score (nSPS) is 19.6. The summed E-state index contributed by atoms with van der Waals surface area (Å²) < 4.78 is 10.9. The fourth-order valence-corrected chi connectivity index (χ4v) is 3.16. The summed E-state index contributed by atoms with van der Waals surface area (Å²) in [5, 5.41) is 0. The van der Waals surface area contributed by atoms with Crippen LogP contribution < -0.4 is 9.64 Å². The van der Waals surface area contributed by atoms with Crippen LogP contribution in [0.2, 0.25) is 0 Å². The lowest BCUT2D eigenvalue weighted by Crippen LogP contribution is -2.41. The lowest BCUT2D eigenvalue weighted by atomic mass is 9.94. The number of hydrogen-bond donors (Lipinski definition) is 0. The van der Waals surface area contributed by atoms with Crippen LogP contribution in [0.1, 0.15) is 23.7 Å². The number of benzene rings is 1. The van der Waals surface area contributed by atoms with Crippen molar-refractivity contribution in [2.45, 2.75) is 13.3 Å². The summed E-state index contributed by atoms with van der Waals surface area (Å²) >= 11 is 0. The van der Waals surface area contributed by atoms with Gasteiger partial charge in [0.2, 0.25) is 0 Å². The molecule has 2 heterocycles. The van der Waals surface area contributed by atoms with Crippen LogP contribution in [0, 0.1) is 5.92 Å². The monoisotopic (exact) mass is 332 g/mol. The van der Waals surface area contributed by atoms with Gasteiger partial charge in [-0.2, -0.15) is 0 Å². The van der Waals surface area contributed by atoms with E-state index in [0.717, 1.165) is 39.3 Å². The maximum absolute atomic E-state index is 12.9. The van der Waals surface area contributed by atoms with Gasteiger partial charge >= 0.3 is 0 Å². The molecule has 1 fully saturated rings. The fourth-order valence-electron chi connectivity index (χ4n) is 3.16. The molecule has 24 heavy (non-hydrogen) atoms. The number of ether oxygens (including phenoxy) is 2. The summed E-state index contributed by atoms with van der Waals surface area (Å²) in [6, 6.07) is 5.35. The molecule has 0 aliphatic carbocycles. The minimum atomic E-state index is -0.0830. The second kappa shape index (κ2) is 7.32. The Kier molecular flexibility index (Phi) is 5.16. The van der Waals surface area contributed by atoms with Crippen molar-refractivity contribution in [3.8, 4) is 5.75 Å². The van der Waals surface area contributed by atoms with E-state index in [1.54, 1.807) is 30.1 Å². The number of Topliss-reactive ketones (excluding diaryl/α,β-unsaturated/α-hetero) is 1. The lowest BCUT2D eigenvalue weighted by molar-refractivity contribution is -0.120. The molecule has 1 amide bonds. The van der Waals surface area contributed by atoms with E-state index >= 15 is 0 Å². The Hall–Kier alpha value is -1.92. The number of carbonyl (C=O) groups is 2. The summed E-state index contributed by atoms with van der Waals surface area (Å²) in [6.45, 7) is 6.05. The van der Waals surface area contributed by atoms with Crippen LogP contribution in [0.5, 0.6) is 5.75 Å². The van der Waals surface area contributed by atoms with Crippen LogP contribution in [-0.2, 0) is 9.53 Å². The molecule has 0 N–H and O–H groups in total. The van der Waals surface area contributed by atoms with Gasteiger partial charge in [0.1, 0.15) is 5.75 Å². The molecule has 0 radical (unpaired) electrons. The number of anilines is 1. The van der Waals surface area contributed by atoms with Gasteiger partial charge < -0.3 is 14.4 Å². The lowest BCUT2D eigenvalue weighted by Gasteiger charge is -2.30. The Bertz CT molecular complexity index is 625. The van der Waals surface area contributed by atoms with Crippen molar-refractivity contribution in [3.63, 3.8) is 0 Å². The first-order valence-electron chi connectivity index (χ1n) is 8.48. The number of amides is 1. The molecule has 2 aliphatic heterocycles. The maximum atomic E-state index is 12.9. The highest BCUT2D eigenvalue weighted by Gasteiger charge is 2.26. The highest BCUT2D eigenvalue weighted by molar-refractivity contribution is 6.01. The van der Waals surface area contributed by atoms with E-state index in [1.807, 2.05) is 6.92 Å². The van der Waals surface area contributed by atoms with Gasteiger partial charge in [-0.3, -0.25) is 14.5 Å². The summed E-state index contributed by atoms with van der Waals surface area (Å²) in [5.41, 5.74) is 1.36. The number of fused-ring (bicyclic) bond motifs is 1. The van der Waals surface area contributed by atoms with Crippen molar-refractivity contribution in [3.05, 3.63) is 23.8 Å². The molecule has 1 saturated heterocycles. The van der Waals surface area contributed by atoms with Gasteiger partial charge in [0, 0.05) is 38.2 Å². The average molecular weight is 332 g/mol. The van der Waals surface area contributed by atoms with Crippen molar-refractivity contribution in [1.29, 1.82) is 0 Å². The molecule has 2 aliphatic rings. The SMILES string of the molecule is CCC(CN1CCOCC1)C(=O)c1ccc2c(c1)OCC(=O)N2C. The molecule has 1 aromatic rings. The summed E-state index contributed by atoms with van der Waals surface area (Å²) in [7, 11) is 1.72. The Labute approximate surface area is 142 Å². The van der Waals surface area contributed by atoms with Gasteiger partial charge in [-0.05, 0) is 24.6 Å². The molecule has 0 bridgehead atoms. The molecule has 0 aromatic heterocycles. The van der Waals surface area contributed by atoms with Crippen molar-refractivity contribution in [2.75, 3.05) is 51.4 Å². The molecule has 1 aromatic carbocycles. The maximum Gasteiger partial charge on any atom is 0.264 e. The second-order valence-corrected chi connectivity index (χ2v) is 6.31. The molecule has 3 rings (SSSR count). The molecular formula is C18H24N2O4. The van der Waals surface area contributed by atoms with E-state index in [9.17, 15) is 9.59 Å². The van der Waals surface area contributed by atoms with Crippen molar-refractivity contribution >= 4 is 17.4 Å². The Morgan fingerprint density at radius 1 is 1.29 bits per heavy atom. The smallest absolute Gasteiger partial charge is 0.264 e. The van der Waals surface area contributed by atoms with Gasteiger partial charge in [0.15, 0.2) is 12.4 Å². The molecule has 6 heteroatoms. The predicted molar refractivity (Wildman–Crippen MR) is 90.7 cm³/mol. The molecule has 1 unspecified atom stereocenters. The summed E-state index contributed by atoms with van der Waals surface area (Å²) in [4.78, 5) is 28.4. The number of nitrogens with zero attached hydrogens (tertiary/aromatic N) is 2. The third-order valence-electron chi connectivity index (χ3n) is 4.78. The van der Waals surface area contributed by atoms with E-state index in [2.05, 4.69) is 4.90 Å². The number of likely N-dealkylation sites (N-methyl/N-ethyl adjacent to an activating group) is 1. The molecule has 130 valence electrons. The molecular weight excluding hydrogens is 308 g/mol. The van der Waals surface area contributed by atoms with Crippen LogP contribution in [-0.4, -0.2) is 63.1 Å².